The number of phenols is 1. The molecule has 1 aromatic rings. The van der Waals surface area contributed by atoms with Gasteiger partial charge in [0.25, 0.3) is 0 Å². The van der Waals surface area contributed by atoms with Crippen LogP contribution < -0.4 is 15.2 Å². The number of nitrogens with two attached hydrogens (primary N) is 1. The van der Waals surface area contributed by atoms with Gasteiger partial charge in [-0.05, 0) is 31.0 Å². The summed E-state index contributed by atoms with van der Waals surface area (Å²) in [7, 11) is 3.04. The number of rotatable bonds is 5. The predicted octanol–water partition coefficient (Wildman–Crippen LogP) is 1.30. The molecule has 4 nitrogen and oxygen atoms in total. The van der Waals surface area contributed by atoms with E-state index in [1.165, 1.54) is 14.2 Å². The molecule has 0 saturated carbocycles. The summed E-state index contributed by atoms with van der Waals surface area (Å²) in [6, 6.07) is 3.61. The molecule has 15 heavy (non-hydrogen) atoms. The molecular weight excluding hydrogens is 194 g/mol. The summed E-state index contributed by atoms with van der Waals surface area (Å²) in [5, 5.41) is 9.88. The van der Waals surface area contributed by atoms with Gasteiger partial charge < -0.3 is 20.3 Å². The Morgan fingerprint density at radius 3 is 2.53 bits per heavy atom. The van der Waals surface area contributed by atoms with Crippen molar-refractivity contribution in [2.75, 3.05) is 20.8 Å². The second-order valence-corrected chi connectivity index (χ2v) is 3.20. The van der Waals surface area contributed by atoms with Gasteiger partial charge in [0.1, 0.15) is 0 Å². The summed E-state index contributed by atoms with van der Waals surface area (Å²) in [5.74, 6) is 1.06. The molecule has 3 N–H and O–H groups in total. The first-order valence-corrected chi connectivity index (χ1v) is 4.87. The van der Waals surface area contributed by atoms with Crippen LogP contribution in [-0.2, 0) is 6.42 Å². The molecule has 4 heteroatoms. The molecule has 0 aromatic heterocycles. The van der Waals surface area contributed by atoms with E-state index in [1.807, 2.05) is 6.07 Å². The Kier molecular flexibility index (Phi) is 4.24. The van der Waals surface area contributed by atoms with Gasteiger partial charge in [-0.25, -0.2) is 0 Å². The minimum atomic E-state index is 0.144. The molecule has 0 fully saturated rings. The fourth-order valence-corrected chi connectivity index (χ4v) is 1.45. The summed E-state index contributed by atoms with van der Waals surface area (Å²) in [4.78, 5) is 0. The van der Waals surface area contributed by atoms with E-state index in [4.69, 9.17) is 15.2 Å². The van der Waals surface area contributed by atoms with Gasteiger partial charge in [0.15, 0.2) is 11.5 Å². The Morgan fingerprint density at radius 1 is 1.27 bits per heavy atom. The van der Waals surface area contributed by atoms with Gasteiger partial charge in [-0.1, -0.05) is 6.07 Å². The highest BCUT2D eigenvalue weighted by Gasteiger charge is 2.13. The third-order valence-electron chi connectivity index (χ3n) is 2.25. The quantitative estimate of drug-likeness (QED) is 0.770. The van der Waals surface area contributed by atoms with Gasteiger partial charge >= 0.3 is 0 Å². The SMILES string of the molecule is COc1ccc(CCCN)c(O)c1OC. The smallest absolute Gasteiger partial charge is 0.203 e. The molecular formula is C11H17NO3. The van der Waals surface area contributed by atoms with Crippen LogP contribution in [0.2, 0.25) is 0 Å². The Balaban J connectivity index is 3.00. The molecule has 0 heterocycles. The minimum absolute atomic E-state index is 0.144. The first kappa shape index (κ1) is 11.7. The van der Waals surface area contributed by atoms with Crippen LogP contribution in [0.3, 0.4) is 0 Å². The number of hydrogen-bond donors (Lipinski definition) is 2. The zero-order valence-corrected chi connectivity index (χ0v) is 9.12. The highest BCUT2D eigenvalue weighted by molar-refractivity contribution is 5.54. The summed E-state index contributed by atoms with van der Waals surface area (Å²) >= 11 is 0. The van der Waals surface area contributed by atoms with Crippen molar-refractivity contribution in [1.82, 2.24) is 0 Å². The van der Waals surface area contributed by atoms with Crippen molar-refractivity contribution in [2.24, 2.45) is 5.73 Å². The zero-order valence-electron chi connectivity index (χ0n) is 9.12. The number of benzene rings is 1. The highest BCUT2D eigenvalue weighted by Crippen LogP contribution is 2.39. The molecule has 0 aliphatic carbocycles. The molecule has 1 aromatic carbocycles. The van der Waals surface area contributed by atoms with Crippen molar-refractivity contribution in [3.8, 4) is 17.2 Å². The number of aromatic hydroxyl groups is 1. The number of hydrogen-bond acceptors (Lipinski definition) is 4. The lowest BCUT2D eigenvalue weighted by molar-refractivity contribution is 0.331. The predicted molar refractivity (Wildman–Crippen MR) is 58.6 cm³/mol. The maximum atomic E-state index is 9.88. The third kappa shape index (κ3) is 2.53. The van der Waals surface area contributed by atoms with E-state index in [0.29, 0.717) is 18.0 Å². The van der Waals surface area contributed by atoms with Gasteiger partial charge in [0.2, 0.25) is 5.75 Å². The van der Waals surface area contributed by atoms with Crippen molar-refractivity contribution >= 4 is 0 Å². The molecule has 0 unspecified atom stereocenters. The second kappa shape index (κ2) is 5.46. The highest BCUT2D eigenvalue weighted by atomic mass is 16.5. The molecule has 84 valence electrons. The molecule has 0 radical (unpaired) electrons. The van der Waals surface area contributed by atoms with E-state index in [1.54, 1.807) is 6.07 Å². The topological polar surface area (TPSA) is 64.7 Å². The second-order valence-electron chi connectivity index (χ2n) is 3.20. The average Bonchev–Trinajstić information content (AvgIpc) is 2.27. The standard InChI is InChI=1S/C11H17NO3/c1-14-9-6-5-8(4-3-7-12)10(13)11(9)15-2/h5-6,13H,3-4,7,12H2,1-2H3. The Hall–Kier alpha value is -1.42. The molecule has 0 amide bonds. The fourth-order valence-electron chi connectivity index (χ4n) is 1.45. The zero-order chi connectivity index (χ0) is 11.3. The number of aryl methyl sites for hydroxylation is 1. The van der Waals surface area contributed by atoms with Gasteiger partial charge in [-0.3, -0.25) is 0 Å². The van der Waals surface area contributed by atoms with Crippen LogP contribution in [0.25, 0.3) is 0 Å². The van der Waals surface area contributed by atoms with Crippen molar-refractivity contribution < 1.29 is 14.6 Å². The van der Waals surface area contributed by atoms with Crippen molar-refractivity contribution in [3.05, 3.63) is 17.7 Å². The first-order chi connectivity index (χ1) is 7.24. The number of ether oxygens (including phenoxy) is 2. The Bertz CT molecular complexity index is 326. The number of phenolic OH excluding ortho intramolecular Hbond substituents is 1. The fraction of sp³-hybridized carbons (Fsp3) is 0.455. The molecule has 0 spiro atoms. The maximum Gasteiger partial charge on any atom is 0.203 e. The summed E-state index contributed by atoms with van der Waals surface area (Å²) in [6.07, 6.45) is 1.58. The van der Waals surface area contributed by atoms with Crippen LogP contribution in [0.5, 0.6) is 17.2 Å². The van der Waals surface area contributed by atoms with E-state index in [9.17, 15) is 5.11 Å². The van der Waals surface area contributed by atoms with E-state index >= 15 is 0 Å². The third-order valence-corrected chi connectivity index (χ3v) is 2.25. The molecule has 1 rings (SSSR count). The lowest BCUT2D eigenvalue weighted by atomic mass is 10.1. The van der Waals surface area contributed by atoms with Crippen LogP contribution in [0.4, 0.5) is 0 Å². The molecule has 0 saturated heterocycles. The van der Waals surface area contributed by atoms with Crippen LogP contribution >= 0.6 is 0 Å². The van der Waals surface area contributed by atoms with Crippen LogP contribution in [-0.4, -0.2) is 25.9 Å². The Morgan fingerprint density at radius 2 is 2.00 bits per heavy atom. The van der Waals surface area contributed by atoms with Gasteiger partial charge in [0, 0.05) is 0 Å². The van der Waals surface area contributed by atoms with Crippen molar-refractivity contribution in [3.63, 3.8) is 0 Å². The van der Waals surface area contributed by atoms with E-state index < -0.39 is 0 Å². The molecule has 0 bridgehead atoms. The van der Waals surface area contributed by atoms with Gasteiger partial charge in [-0.2, -0.15) is 0 Å². The molecule has 0 aliphatic rings. The minimum Gasteiger partial charge on any atom is -0.504 e. The Labute approximate surface area is 89.6 Å². The van der Waals surface area contributed by atoms with E-state index in [0.717, 1.165) is 18.4 Å². The maximum absolute atomic E-state index is 9.88. The average molecular weight is 211 g/mol. The van der Waals surface area contributed by atoms with Crippen LogP contribution in [0.15, 0.2) is 12.1 Å². The summed E-state index contributed by atoms with van der Waals surface area (Å²) in [5.41, 5.74) is 6.25. The largest absolute Gasteiger partial charge is 0.504 e. The summed E-state index contributed by atoms with van der Waals surface area (Å²) in [6.45, 7) is 0.605. The van der Waals surface area contributed by atoms with Gasteiger partial charge in [-0.15, -0.1) is 0 Å². The molecule has 0 atom stereocenters. The lowest BCUT2D eigenvalue weighted by Gasteiger charge is -2.12. The van der Waals surface area contributed by atoms with Crippen LogP contribution in [0.1, 0.15) is 12.0 Å². The summed E-state index contributed by atoms with van der Waals surface area (Å²) < 4.78 is 10.1. The first-order valence-electron chi connectivity index (χ1n) is 4.87. The van der Waals surface area contributed by atoms with E-state index in [2.05, 4.69) is 0 Å². The van der Waals surface area contributed by atoms with Crippen molar-refractivity contribution in [2.45, 2.75) is 12.8 Å². The molecule has 0 aliphatic heterocycles. The van der Waals surface area contributed by atoms with Crippen molar-refractivity contribution in [1.29, 1.82) is 0 Å². The van der Waals surface area contributed by atoms with Gasteiger partial charge in [0.05, 0.1) is 14.2 Å². The van der Waals surface area contributed by atoms with E-state index in [-0.39, 0.29) is 5.75 Å². The normalized spacial score (nSPS) is 10.1. The lowest BCUT2D eigenvalue weighted by Crippen LogP contribution is -2.01. The van der Waals surface area contributed by atoms with Crippen LogP contribution in [0, 0.1) is 0 Å². The number of methoxy groups -OCH3 is 2. The monoisotopic (exact) mass is 211 g/mol.